The molecule has 0 atom stereocenters. The molecule has 0 aromatic heterocycles. The van der Waals surface area contributed by atoms with E-state index in [1.165, 1.54) is 0 Å². The molecule has 1 amide bonds. The van der Waals surface area contributed by atoms with Gasteiger partial charge in [0.15, 0.2) is 0 Å². The van der Waals surface area contributed by atoms with Crippen LogP contribution in [0.3, 0.4) is 0 Å². The Kier molecular flexibility index (Phi) is 3.97. The van der Waals surface area contributed by atoms with Gasteiger partial charge in [-0.2, -0.15) is 0 Å². The van der Waals surface area contributed by atoms with E-state index >= 15 is 0 Å². The van der Waals surface area contributed by atoms with Gasteiger partial charge >= 0.3 is 0 Å². The van der Waals surface area contributed by atoms with E-state index in [1.807, 2.05) is 4.90 Å². The van der Waals surface area contributed by atoms with Gasteiger partial charge in [-0.3, -0.25) is 4.79 Å². The first kappa shape index (κ1) is 11.9. The Morgan fingerprint density at radius 2 is 1.67 bits per heavy atom. The van der Waals surface area contributed by atoms with Crippen LogP contribution < -0.4 is 5.73 Å². The number of nitrogens with zero attached hydrogens (tertiary/aromatic N) is 1. The van der Waals surface area contributed by atoms with Crippen molar-refractivity contribution >= 4 is 24.0 Å². The highest BCUT2D eigenvalue weighted by Gasteiger charge is 2.18. The van der Waals surface area contributed by atoms with Crippen LogP contribution in [0, 0.1) is 0 Å². The second-order valence-corrected chi connectivity index (χ2v) is 3.62. The average Bonchev–Trinajstić information content (AvgIpc) is 2.71. The molecule has 0 aliphatic carbocycles. The molecule has 0 saturated carbocycles. The first-order valence-electron chi connectivity index (χ1n) is 4.92. The molecule has 0 unspecified atom stereocenters. The van der Waals surface area contributed by atoms with Crippen molar-refractivity contribution in [2.75, 3.05) is 18.8 Å². The lowest BCUT2D eigenvalue weighted by Gasteiger charge is -2.14. The van der Waals surface area contributed by atoms with Crippen molar-refractivity contribution in [2.24, 2.45) is 0 Å². The Bertz CT molecular complexity index is 331. The van der Waals surface area contributed by atoms with Crippen LogP contribution in [-0.4, -0.2) is 23.9 Å². The molecule has 0 spiro atoms. The fraction of sp³-hybridized carbons (Fsp3) is 0.364. The van der Waals surface area contributed by atoms with Crippen LogP contribution in [0.4, 0.5) is 5.69 Å². The number of rotatable bonds is 1. The second kappa shape index (κ2) is 5.03. The minimum Gasteiger partial charge on any atom is -0.399 e. The highest BCUT2D eigenvalue weighted by molar-refractivity contribution is 5.94. The van der Waals surface area contributed by atoms with Crippen LogP contribution in [0.25, 0.3) is 0 Å². The molecule has 1 aliphatic heterocycles. The Hall–Kier alpha value is -1.22. The van der Waals surface area contributed by atoms with Gasteiger partial charge in [-0.25, -0.2) is 0 Å². The van der Waals surface area contributed by atoms with Gasteiger partial charge in [0, 0.05) is 24.3 Å². The first-order chi connectivity index (χ1) is 6.77. The van der Waals surface area contributed by atoms with Gasteiger partial charge in [0.1, 0.15) is 0 Å². The van der Waals surface area contributed by atoms with Crippen molar-refractivity contribution in [3.63, 3.8) is 0 Å². The summed E-state index contributed by atoms with van der Waals surface area (Å²) in [4.78, 5) is 13.7. The number of carbonyl (C=O) groups excluding carboxylic acids is 1. The summed E-state index contributed by atoms with van der Waals surface area (Å²) in [5.41, 5.74) is 6.99. The Balaban J connectivity index is 0.00000112. The molecule has 82 valence electrons. The molecule has 1 aromatic rings. The quantitative estimate of drug-likeness (QED) is 0.744. The summed E-state index contributed by atoms with van der Waals surface area (Å²) in [6.45, 7) is 1.78. The van der Waals surface area contributed by atoms with E-state index in [0.717, 1.165) is 31.5 Å². The number of nitrogen functional groups attached to an aromatic ring is 1. The highest BCUT2D eigenvalue weighted by atomic mass is 35.5. The van der Waals surface area contributed by atoms with Gasteiger partial charge in [0.2, 0.25) is 0 Å². The van der Waals surface area contributed by atoms with Gasteiger partial charge in [-0.05, 0) is 37.1 Å². The van der Waals surface area contributed by atoms with Gasteiger partial charge < -0.3 is 10.6 Å². The summed E-state index contributed by atoms with van der Waals surface area (Å²) in [5.74, 6) is 0.127. The summed E-state index contributed by atoms with van der Waals surface area (Å²) < 4.78 is 0. The van der Waals surface area contributed by atoms with E-state index in [9.17, 15) is 4.79 Å². The largest absolute Gasteiger partial charge is 0.399 e. The molecule has 1 fully saturated rings. The lowest BCUT2D eigenvalue weighted by atomic mass is 10.2. The van der Waals surface area contributed by atoms with E-state index in [2.05, 4.69) is 0 Å². The maximum Gasteiger partial charge on any atom is 0.253 e. The number of hydrogen-bond acceptors (Lipinski definition) is 2. The lowest BCUT2D eigenvalue weighted by molar-refractivity contribution is 0.0793. The molecule has 1 aromatic carbocycles. The molecule has 1 aliphatic rings. The molecule has 1 heterocycles. The van der Waals surface area contributed by atoms with Crippen LogP contribution in [0.15, 0.2) is 24.3 Å². The minimum atomic E-state index is 0. The van der Waals surface area contributed by atoms with Crippen molar-refractivity contribution in [3.05, 3.63) is 29.8 Å². The van der Waals surface area contributed by atoms with E-state index in [-0.39, 0.29) is 18.3 Å². The zero-order valence-electron chi connectivity index (χ0n) is 8.48. The molecule has 0 bridgehead atoms. The van der Waals surface area contributed by atoms with E-state index < -0.39 is 0 Å². The maximum absolute atomic E-state index is 11.8. The predicted octanol–water partition coefficient (Wildman–Crippen LogP) is 1.93. The predicted molar refractivity (Wildman–Crippen MR) is 63.2 cm³/mol. The third kappa shape index (κ3) is 2.63. The van der Waals surface area contributed by atoms with Crippen LogP contribution in [-0.2, 0) is 0 Å². The zero-order valence-corrected chi connectivity index (χ0v) is 9.30. The van der Waals surface area contributed by atoms with Gasteiger partial charge in [-0.15, -0.1) is 12.4 Å². The molecular formula is C11H15ClN2O. The number of carbonyl (C=O) groups is 1. The number of benzene rings is 1. The lowest BCUT2D eigenvalue weighted by Crippen LogP contribution is -2.27. The number of halogens is 1. The Morgan fingerprint density at radius 3 is 2.20 bits per heavy atom. The third-order valence-electron chi connectivity index (χ3n) is 2.55. The third-order valence-corrected chi connectivity index (χ3v) is 2.55. The van der Waals surface area contributed by atoms with Crippen LogP contribution in [0.2, 0.25) is 0 Å². The number of hydrogen-bond donors (Lipinski definition) is 1. The fourth-order valence-corrected chi connectivity index (χ4v) is 1.73. The Morgan fingerprint density at radius 1 is 1.13 bits per heavy atom. The number of nitrogens with two attached hydrogens (primary N) is 1. The first-order valence-corrected chi connectivity index (χ1v) is 4.92. The number of likely N-dealkylation sites (tertiary alicyclic amines) is 1. The van der Waals surface area contributed by atoms with Crippen molar-refractivity contribution in [2.45, 2.75) is 12.8 Å². The Labute approximate surface area is 95.7 Å². The summed E-state index contributed by atoms with van der Waals surface area (Å²) in [6.07, 6.45) is 2.25. The number of amides is 1. The topological polar surface area (TPSA) is 46.3 Å². The SMILES string of the molecule is Cl.Nc1ccc(C(=O)N2CCCC2)cc1. The van der Waals surface area contributed by atoms with Crippen LogP contribution in [0.1, 0.15) is 23.2 Å². The molecule has 15 heavy (non-hydrogen) atoms. The van der Waals surface area contributed by atoms with Crippen LogP contribution >= 0.6 is 12.4 Å². The zero-order chi connectivity index (χ0) is 9.97. The second-order valence-electron chi connectivity index (χ2n) is 3.62. The van der Waals surface area contributed by atoms with E-state index in [4.69, 9.17) is 5.73 Å². The minimum absolute atomic E-state index is 0. The summed E-state index contributed by atoms with van der Waals surface area (Å²) in [7, 11) is 0. The maximum atomic E-state index is 11.8. The fourth-order valence-electron chi connectivity index (χ4n) is 1.73. The molecule has 3 nitrogen and oxygen atoms in total. The monoisotopic (exact) mass is 226 g/mol. The smallest absolute Gasteiger partial charge is 0.253 e. The summed E-state index contributed by atoms with van der Waals surface area (Å²) >= 11 is 0. The van der Waals surface area contributed by atoms with Crippen LogP contribution in [0.5, 0.6) is 0 Å². The normalized spacial score (nSPS) is 14.8. The standard InChI is InChI=1S/C11H14N2O.ClH/c12-10-5-3-9(4-6-10)11(14)13-7-1-2-8-13;/h3-6H,1-2,7-8,12H2;1H. The van der Waals surface area contributed by atoms with Crippen molar-refractivity contribution in [1.29, 1.82) is 0 Å². The van der Waals surface area contributed by atoms with Gasteiger partial charge in [-0.1, -0.05) is 0 Å². The van der Waals surface area contributed by atoms with Gasteiger partial charge in [0.05, 0.1) is 0 Å². The molecule has 0 radical (unpaired) electrons. The molecule has 4 heteroatoms. The molecule has 1 saturated heterocycles. The summed E-state index contributed by atoms with van der Waals surface area (Å²) in [6, 6.07) is 7.11. The molecule has 2 rings (SSSR count). The molecule has 2 N–H and O–H groups in total. The van der Waals surface area contributed by atoms with Crippen molar-refractivity contribution in [3.8, 4) is 0 Å². The molecular weight excluding hydrogens is 212 g/mol. The van der Waals surface area contributed by atoms with Crippen molar-refractivity contribution in [1.82, 2.24) is 4.90 Å². The van der Waals surface area contributed by atoms with E-state index in [1.54, 1.807) is 24.3 Å². The van der Waals surface area contributed by atoms with Crippen molar-refractivity contribution < 1.29 is 4.79 Å². The number of anilines is 1. The average molecular weight is 227 g/mol. The van der Waals surface area contributed by atoms with E-state index in [0.29, 0.717) is 5.69 Å². The van der Waals surface area contributed by atoms with Gasteiger partial charge in [0.25, 0.3) is 5.91 Å². The highest BCUT2D eigenvalue weighted by Crippen LogP contribution is 2.13. The summed E-state index contributed by atoms with van der Waals surface area (Å²) in [5, 5.41) is 0.